The van der Waals surface area contributed by atoms with E-state index in [1.807, 2.05) is 0 Å². The number of aromatic nitrogens is 1. The van der Waals surface area contributed by atoms with Crippen molar-refractivity contribution < 1.29 is 27.8 Å². The number of phenolic OH excluding ortho intramolecular Hbond substituents is 1. The topological polar surface area (TPSA) is 62.7 Å². The van der Waals surface area contributed by atoms with Gasteiger partial charge in [-0.2, -0.15) is 13.2 Å². The first-order chi connectivity index (χ1) is 10.9. The summed E-state index contributed by atoms with van der Waals surface area (Å²) in [6.45, 7) is 0.423. The van der Waals surface area contributed by atoms with Gasteiger partial charge in [-0.15, -0.1) is 0 Å². The van der Waals surface area contributed by atoms with Gasteiger partial charge in [-0.05, 0) is 24.3 Å². The molecule has 120 valence electrons. The number of fused-ring (bicyclic) bond motifs is 1. The Bertz CT molecular complexity index is 762. The summed E-state index contributed by atoms with van der Waals surface area (Å²) in [5.74, 6) is -1.13. The summed E-state index contributed by atoms with van der Waals surface area (Å²) in [6, 6.07) is 4.22. The molecule has 0 spiro atoms. The average molecular weight is 324 g/mol. The minimum absolute atomic E-state index is 0.167. The number of anilines is 1. The number of alkyl halides is 3. The molecule has 0 fully saturated rings. The second-order valence-electron chi connectivity index (χ2n) is 4.88. The van der Waals surface area contributed by atoms with Crippen molar-refractivity contribution >= 4 is 11.6 Å². The van der Waals surface area contributed by atoms with Crippen LogP contribution in [0.1, 0.15) is 15.9 Å². The van der Waals surface area contributed by atoms with E-state index in [0.717, 1.165) is 12.1 Å². The fourth-order valence-corrected chi connectivity index (χ4v) is 2.34. The maximum absolute atomic E-state index is 12.9. The van der Waals surface area contributed by atoms with E-state index >= 15 is 0 Å². The highest BCUT2D eigenvalue weighted by atomic mass is 19.4. The highest BCUT2D eigenvalue weighted by Crippen LogP contribution is 2.37. The molecule has 3 rings (SSSR count). The lowest BCUT2D eigenvalue weighted by molar-refractivity contribution is -0.138. The molecule has 0 radical (unpaired) electrons. The molecule has 5 nitrogen and oxygen atoms in total. The standard InChI is InChI=1S/C15H11F3N2O3/c16-15(17,18)10-7-9(1-2-12(10)21)14(22)20-5-6-23-13-8-19-4-3-11(13)20/h1-4,7-8,21H,5-6H2. The van der Waals surface area contributed by atoms with Crippen molar-refractivity contribution in [2.45, 2.75) is 6.18 Å². The number of aromatic hydroxyl groups is 1. The van der Waals surface area contributed by atoms with Crippen LogP contribution in [-0.2, 0) is 6.18 Å². The largest absolute Gasteiger partial charge is 0.507 e. The molecule has 0 saturated carbocycles. The summed E-state index contributed by atoms with van der Waals surface area (Å²) in [5.41, 5.74) is -0.968. The summed E-state index contributed by atoms with van der Waals surface area (Å²) in [7, 11) is 0. The molecule has 1 aliphatic heterocycles. The third-order valence-corrected chi connectivity index (χ3v) is 3.42. The summed E-state index contributed by atoms with van der Waals surface area (Å²) >= 11 is 0. The van der Waals surface area contributed by atoms with Crippen LogP contribution in [0.5, 0.6) is 11.5 Å². The molecule has 1 aromatic heterocycles. The van der Waals surface area contributed by atoms with Crippen LogP contribution < -0.4 is 9.64 Å². The smallest absolute Gasteiger partial charge is 0.419 e. The van der Waals surface area contributed by atoms with Crippen LogP contribution >= 0.6 is 0 Å². The van der Waals surface area contributed by atoms with Crippen LogP contribution in [0.4, 0.5) is 18.9 Å². The van der Waals surface area contributed by atoms with Crippen molar-refractivity contribution in [1.29, 1.82) is 0 Å². The molecule has 0 unspecified atom stereocenters. The Balaban J connectivity index is 1.99. The van der Waals surface area contributed by atoms with Gasteiger partial charge in [0.15, 0.2) is 5.75 Å². The molecule has 0 bridgehead atoms. The Morgan fingerprint density at radius 3 is 2.83 bits per heavy atom. The number of amides is 1. The number of phenols is 1. The molecule has 8 heteroatoms. The van der Waals surface area contributed by atoms with E-state index in [0.29, 0.717) is 17.5 Å². The normalized spacial score (nSPS) is 14.1. The number of hydrogen-bond acceptors (Lipinski definition) is 4. The van der Waals surface area contributed by atoms with Gasteiger partial charge in [0.2, 0.25) is 0 Å². The second kappa shape index (κ2) is 5.45. The SMILES string of the molecule is O=C(c1ccc(O)c(C(F)(F)F)c1)N1CCOc2cnccc21. The maximum Gasteiger partial charge on any atom is 0.419 e. The fourth-order valence-electron chi connectivity index (χ4n) is 2.34. The number of hydrogen-bond donors (Lipinski definition) is 1. The van der Waals surface area contributed by atoms with Gasteiger partial charge < -0.3 is 14.7 Å². The minimum Gasteiger partial charge on any atom is -0.507 e. The molecule has 2 aromatic rings. The van der Waals surface area contributed by atoms with E-state index in [9.17, 15) is 23.1 Å². The summed E-state index contributed by atoms with van der Waals surface area (Å²) in [4.78, 5) is 17.8. The van der Waals surface area contributed by atoms with Gasteiger partial charge in [0.25, 0.3) is 5.91 Å². The predicted octanol–water partition coefficient (Wildman–Crippen LogP) is 2.85. The average Bonchev–Trinajstić information content (AvgIpc) is 2.53. The van der Waals surface area contributed by atoms with E-state index in [2.05, 4.69) is 4.98 Å². The van der Waals surface area contributed by atoms with Crippen molar-refractivity contribution in [3.63, 3.8) is 0 Å². The predicted molar refractivity (Wildman–Crippen MR) is 74.5 cm³/mol. The van der Waals surface area contributed by atoms with Gasteiger partial charge in [-0.25, -0.2) is 0 Å². The quantitative estimate of drug-likeness (QED) is 0.876. The third-order valence-electron chi connectivity index (χ3n) is 3.42. The third kappa shape index (κ3) is 2.79. The van der Waals surface area contributed by atoms with Gasteiger partial charge in [-0.3, -0.25) is 9.78 Å². The number of nitrogens with zero attached hydrogens (tertiary/aromatic N) is 2. The molecule has 0 aliphatic carbocycles. The van der Waals surface area contributed by atoms with Gasteiger partial charge in [0.1, 0.15) is 12.4 Å². The second-order valence-corrected chi connectivity index (χ2v) is 4.88. The van der Waals surface area contributed by atoms with Crippen molar-refractivity contribution in [2.75, 3.05) is 18.1 Å². The Morgan fingerprint density at radius 2 is 2.09 bits per heavy atom. The number of benzene rings is 1. The molecule has 1 aliphatic rings. The zero-order chi connectivity index (χ0) is 16.6. The zero-order valence-electron chi connectivity index (χ0n) is 11.7. The molecule has 1 N–H and O–H groups in total. The Hall–Kier alpha value is -2.77. The van der Waals surface area contributed by atoms with Crippen LogP contribution in [0, 0.1) is 0 Å². The number of halogens is 3. The van der Waals surface area contributed by atoms with Gasteiger partial charge in [0.05, 0.1) is 24.0 Å². The molecule has 23 heavy (non-hydrogen) atoms. The zero-order valence-corrected chi connectivity index (χ0v) is 11.7. The molecule has 0 atom stereocenters. The fraction of sp³-hybridized carbons (Fsp3) is 0.200. The molecular formula is C15H11F3N2O3. The lowest BCUT2D eigenvalue weighted by Gasteiger charge is -2.29. The number of rotatable bonds is 1. The van der Waals surface area contributed by atoms with E-state index in [-0.39, 0.29) is 18.7 Å². The van der Waals surface area contributed by atoms with Crippen LogP contribution in [0.25, 0.3) is 0 Å². The number of carbonyl (C=O) groups is 1. The van der Waals surface area contributed by atoms with Crippen molar-refractivity contribution in [3.8, 4) is 11.5 Å². The van der Waals surface area contributed by atoms with Crippen LogP contribution in [-0.4, -0.2) is 29.1 Å². The highest BCUT2D eigenvalue weighted by Gasteiger charge is 2.35. The molecule has 1 amide bonds. The van der Waals surface area contributed by atoms with Crippen molar-refractivity contribution in [1.82, 2.24) is 4.98 Å². The number of carbonyl (C=O) groups excluding carboxylic acids is 1. The summed E-state index contributed by atoms with van der Waals surface area (Å²) in [6.07, 6.45) is -1.84. The molecule has 0 saturated heterocycles. The first kappa shape index (κ1) is 15.1. The van der Waals surface area contributed by atoms with Gasteiger partial charge in [-0.1, -0.05) is 0 Å². The van der Waals surface area contributed by atoms with E-state index in [1.165, 1.54) is 17.3 Å². The lowest BCUT2D eigenvalue weighted by Crippen LogP contribution is -2.38. The molecule has 2 heterocycles. The van der Waals surface area contributed by atoms with Crippen LogP contribution in [0.3, 0.4) is 0 Å². The van der Waals surface area contributed by atoms with Gasteiger partial charge >= 0.3 is 6.18 Å². The Morgan fingerprint density at radius 1 is 1.30 bits per heavy atom. The minimum atomic E-state index is -4.74. The summed E-state index contributed by atoms with van der Waals surface area (Å²) in [5, 5.41) is 9.35. The van der Waals surface area contributed by atoms with E-state index < -0.39 is 23.4 Å². The Kier molecular flexibility index (Phi) is 3.59. The van der Waals surface area contributed by atoms with Gasteiger partial charge in [0, 0.05) is 11.8 Å². The monoisotopic (exact) mass is 324 g/mol. The first-order valence-corrected chi connectivity index (χ1v) is 6.67. The van der Waals surface area contributed by atoms with Crippen LogP contribution in [0.2, 0.25) is 0 Å². The molecular weight excluding hydrogens is 313 g/mol. The highest BCUT2D eigenvalue weighted by molar-refractivity contribution is 6.07. The Labute approximate surface area is 128 Å². The number of pyridine rings is 1. The van der Waals surface area contributed by atoms with Crippen LogP contribution in [0.15, 0.2) is 36.7 Å². The van der Waals surface area contributed by atoms with E-state index in [4.69, 9.17) is 4.74 Å². The van der Waals surface area contributed by atoms with Crippen molar-refractivity contribution in [3.05, 3.63) is 47.8 Å². The van der Waals surface area contributed by atoms with E-state index in [1.54, 1.807) is 6.07 Å². The number of ether oxygens (including phenoxy) is 1. The first-order valence-electron chi connectivity index (χ1n) is 6.67. The lowest BCUT2D eigenvalue weighted by atomic mass is 10.1. The summed E-state index contributed by atoms with van der Waals surface area (Å²) < 4.78 is 43.9. The van der Waals surface area contributed by atoms with Crippen molar-refractivity contribution in [2.24, 2.45) is 0 Å². The maximum atomic E-state index is 12.9. The molecule has 1 aromatic carbocycles.